The quantitative estimate of drug-likeness (QED) is 0.687. The number of rotatable bonds is 5. The van der Waals surface area contributed by atoms with Gasteiger partial charge in [-0.25, -0.2) is 0 Å². The predicted octanol–water partition coefficient (Wildman–Crippen LogP) is 5.10. The summed E-state index contributed by atoms with van der Waals surface area (Å²) >= 11 is 3.80. The second kappa shape index (κ2) is 5.90. The minimum Gasteiger partial charge on any atom is -0.491 e. The first kappa shape index (κ1) is 12.9. The summed E-state index contributed by atoms with van der Waals surface area (Å²) in [5, 5.41) is 0. The van der Waals surface area contributed by atoms with E-state index in [1.807, 2.05) is 0 Å². The van der Waals surface area contributed by atoms with E-state index in [2.05, 4.69) is 54.0 Å². The SMILES string of the molecule is CC(C)Oc1ccc(C(Br)CC2CCC2)cc1. The molecule has 1 saturated carbocycles. The van der Waals surface area contributed by atoms with E-state index in [-0.39, 0.29) is 6.10 Å². The molecule has 1 aliphatic rings. The van der Waals surface area contributed by atoms with Crippen molar-refractivity contribution >= 4 is 15.9 Å². The van der Waals surface area contributed by atoms with Crippen LogP contribution < -0.4 is 4.74 Å². The van der Waals surface area contributed by atoms with Gasteiger partial charge in [0.05, 0.1) is 6.10 Å². The van der Waals surface area contributed by atoms with Gasteiger partial charge in [0.15, 0.2) is 0 Å². The maximum atomic E-state index is 5.65. The fraction of sp³-hybridized carbons (Fsp3) is 0.600. The van der Waals surface area contributed by atoms with Crippen LogP contribution in [-0.4, -0.2) is 6.10 Å². The topological polar surface area (TPSA) is 9.23 Å². The Morgan fingerprint density at radius 2 is 1.88 bits per heavy atom. The summed E-state index contributed by atoms with van der Waals surface area (Å²) in [7, 11) is 0. The Kier molecular flexibility index (Phi) is 4.49. The van der Waals surface area contributed by atoms with E-state index < -0.39 is 0 Å². The first-order valence-corrected chi connectivity index (χ1v) is 7.47. The molecule has 1 aromatic rings. The third-order valence-corrected chi connectivity index (χ3v) is 4.28. The summed E-state index contributed by atoms with van der Waals surface area (Å²) in [5.74, 6) is 1.90. The van der Waals surface area contributed by atoms with Crippen molar-refractivity contribution in [3.05, 3.63) is 29.8 Å². The van der Waals surface area contributed by atoms with Gasteiger partial charge in [0.25, 0.3) is 0 Å². The zero-order valence-corrected chi connectivity index (χ0v) is 12.2. The van der Waals surface area contributed by atoms with E-state index in [1.165, 1.54) is 31.2 Å². The summed E-state index contributed by atoms with van der Waals surface area (Å²) in [6, 6.07) is 8.50. The van der Waals surface area contributed by atoms with Gasteiger partial charge >= 0.3 is 0 Å². The number of hydrogen-bond acceptors (Lipinski definition) is 1. The van der Waals surface area contributed by atoms with Crippen molar-refractivity contribution in [2.24, 2.45) is 5.92 Å². The van der Waals surface area contributed by atoms with E-state index >= 15 is 0 Å². The Morgan fingerprint density at radius 3 is 2.35 bits per heavy atom. The molecule has 0 amide bonds. The van der Waals surface area contributed by atoms with Crippen molar-refractivity contribution in [1.82, 2.24) is 0 Å². The van der Waals surface area contributed by atoms with E-state index in [4.69, 9.17) is 4.74 Å². The molecule has 1 nitrogen and oxygen atoms in total. The normalized spacial score (nSPS) is 17.9. The Hall–Kier alpha value is -0.500. The van der Waals surface area contributed by atoms with Crippen LogP contribution in [0.5, 0.6) is 5.75 Å². The molecule has 1 fully saturated rings. The fourth-order valence-electron chi connectivity index (χ4n) is 2.18. The molecule has 0 bridgehead atoms. The van der Waals surface area contributed by atoms with Crippen LogP contribution in [0, 0.1) is 5.92 Å². The van der Waals surface area contributed by atoms with E-state index in [0.717, 1.165) is 11.7 Å². The van der Waals surface area contributed by atoms with Crippen molar-refractivity contribution < 1.29 is 4.74 Å². The first-order chi connectivity index (χ1) is 8.15. The van der Waals surface area contributed by atoms with Gasteiger partial charge in [-0.05, 0) is 43.9 Å². The lowest BCUT2D eigenvalue weighted by atomic mass is 9.81. The van der Waals surface area contributed by atoms with Crippen LogP contribution in [0.15, 0.2) is 24.3 Å². The highest BCUT2D eigenvalue weighted by Gasteiger charge is 2.21. The van der Waals surface area contributed by atoms with Crippen molar-refractivity contribution in [1.29, 1.82) is 0 Å². The van der Waals surface area contributed by atoms with E-state index in [1.54, 1.807) is 0 Å². The van der Waals surface area contributed by atoms with Crippen LogP contribution >= 0.6 is 15.9 Å². The van der Waals surface area contributed by atoms with Crippen LogP contribution in [-0.2, 0) is 0 Å². The number of hydrogen-bond donors (Lipinski definition) is 0. The van der Waals surface area contributed by atoms with Gasteiger partial charge in [-0.15, -0.1) is 0 Å². The zero-order valence-electron chi connectivity index (χ0n) is 10.7. The molecular weight excluding hydrogens is 276 g/mol. The van der Waals surface area contributed by atoms with Gasteiger partial charge in [0.2, 0.25) is 0 Å². The van der Waals surface area contributed by atoms with Crippen molar-refractivity contribution in [3.8, 4) is 5.75 Å². The van der Waals surface area contributed by atoms with Crippen molar-refractivity contribution in [2.45, 2.75) is 50.5 Å². The summed E-state index contributed by atoms with van der Waals surface area (Å²) in [4.78, 5) is 0.501. The molecule has 2 heteroatoms. The van der Waals surface area contributed by atoms with Gasteiger partial charge < -0.3 is 4.74 Å². The number of alkyl halides is 1. The molecule has 1 aromatic carbocycles. The monoisotopic (exact) mass is 296 g/mol. The lowest BCUT2D eigenvalue weighted by Crippen LogP contribution is -2.12. The molecular formula is C15H21BrO. The van der Waals surface area contributed by atoms with Crippen molar-refractivity contribution in [2.75, 3.05) is 0 Å². The van der Waals surface area contributed by atoms with Gasteiger partial charge in [-0.2, -0.15) is 0 Å². The Bertz CT molecular complexity index is 340. The molecule has 1 aliphatic carbocycles. The maximum Gasteiger partial charge on any atom is 0.119 e. The molecule has 0 radical (unpaired) electrons. The van der Waals surface area contributed by atoms with Crippen LogP contribution in [0.25, 0.3) is 0 Å². The third kappa shape index (κ3) is 3.74. The molecule has 0 spiro atoms. The molecule has 2 rings (SSSR count). The minimum absolute atomic E-state index is 0.246. The molecule has 0 aromatic heterocycles. The second-order valence-corrected chi connectivity index (χ2v) is 6.34. The summed E-state index contributed by atoms with van der Waals surface area (Å²) in [5.41, 5.74) is 1.37. The molecule has 1 unspecified atom stereocenters. The molecule has 1 atom stereocenters. The van der Waals surface area contributed by atoms with Crippen LogP contribution in [0.2, 0.25) is 0 Å². The van der Waals surface area contributed by atoms with Crippen molar-refractivity contribution in [3.63, 3.8) is 0 Å². The van der Waals surface area contributed by atoms with Crippen LogP contribution in [0.4, 0.5) is 0 Å². The molecule has 0 saturated heterocycles. The highest BCUT2D eigenvalue weighted by Crippen LogP contribution is 2.38. The van der Waals surface area contributed by atoms with Crippen LogP contribution in [0.3, 0.4) is 0 Å². The fourth-order valence-corrected chi connectivity index (χ4v) is 3.02. The largest absolute Gasteiger partial charge is 0.491 e. The Labute approximate surface area is 113 Å². The minimum atomic E-state index is 0.246. The average molecular weight is 297 g/mol. The Balaban J connectivity index is 1.91. The number of benzene rings is 1. The predicted molar refractivity (Wildman–Crippen MR) is 75.8 cm³/mol. The molecule has 17 heavy (non-hydrogen) atoms. The zero-order chi connectivity index (χ0) is 12.3. The Morgan fingerprint density at radius 1 is 1.24 bits per heavy atom. The second-order valence-electron chi connectivity index (χ2n) is 5.24. The van der Waals surface area contributed by atoms with E-state index in [9.17, 15) is 0 Å². The van der Waals surface area contributed by atoms with Gasteiger partial charge in [0, 0.05) is 4.83 Å². The van der Waals surface area contributed by atoms with Gasteiger partial charge in [-0.3, -0.25) is 0 Å². The van der Waals surface area contributed by atoms with Gasteiger partial charge in [-0.1, -0.05) is 47.3 Å². The van der Waals surface area contributed by atoms with Crippen LogP contribution in [0.1, 0.15) is 49.9 Å². The standard InChI is InChI=1S/C15H21BrO/c1-11(2)17-14-8-6-13(7-9-14)15(16)10-12-4-3-5-12/h6-9,11-12,15H,3-5,10H2,1-2H3. The highest BCUT2D eigenvalue weighted by molar-refractivity contribution is 9.09. The lowest BCUT2D eigenvalue weighted by Gasteiger charge is -2.27. The molecule has 0 N–H and O–H groups in total. The smallest absolute Gasteiger partial charge is 0.119 e. The van der Waals surface area contributed by atoms with E-state index in [0.29, 0.717) is 4.83 Å². The van der Waals surface area contributed by atoms with Gasteiger partial charge in [0.1, 0.15) is 5.75 Å². The molecule has 0 heterocycles. The summed E-state index contributed by atoms with van der Waals surface area (Å²) in [6.45, 7) is 4.11. The first-order valence-electron chi connectivity index (χ1n) is 6.56. The average Bonchev–Trinajstić information content (AvgIpc) is 2.23. The molecule has 0 aliphatic heterocycles. The number of ether oxygens (including phenoxy) is 1. The third-order valence-electron chi connectivity index (χ3n) is 3.38. The molecule has 94 valence electrons. The number of halogens is 1. The highest BCUT2D eigenvalue weighted by atomic mass is 79.9. The lowest BCUT2D eigenvalue weighted by molar-refractivity contribution is 0.242. The summed E-state index contributed by atoms with van der Waals surface area (Å²) < 4.78 is 5.65. The maximum absolute atomic E-state index is 5.65. The summed E-state index contributed by atoms with van der Waals surface area (Å²) in [6.07, 6.45) is 5.76.